The number of nitrogens with zero attached hydrogens (tertiary/aromatic N) is 3. The lowest BCUT2D eigenvalue weighted by Gasteiger charge is -2.35. The maximum atomic E-state index is 12.4. The first-order valence-corrected chi connectivity index (χ1v) is 8.65. The van der Waals surface area contributed by atoms with Crippen LogP contribution in [0.3, 0.4) is 0 Å². The van der Waals surface area contributed by atoms with E-state index in [1.54, 1.807) is 12.0 Å². The highest BCUT2D eigenvalue weighted by Crippen LogP contribution is 2.27. The van der Waals surface area contributed by atoms with Gasteiger partial charge in [-0.05, 0) is 18.6 Å². The quantitative estimate of drug-likeness (QED) is 0.786. The molecule has 26 heavy (non-hydrogen) atoms. The molecule has 1 aliphatic rings. The van der Waals surface area contributed by atoms with Crippen LogP contribution in [0.1, 0.15) is 18.7 Å². The van der Waals surface area contributed by atoms with E-state index in [0.717, 1.165) is 5.56 Å². The van der Waals surface area contributed by atoms with Gasteiger partial charge in [-0.3, -0.25) is 4.79 Å². The fourth-order valence-corrected chi connectivity index (χ4v) is 3.09. The van der Waals surface area contributed by atoms with Crippen LogP contribution in [-0.4, -0.2) is 64.1 Å². The van der Waals surface area contributed by atoms with Crippen molar-refractivity contribution in [2.24, 2.45) is 5.92 Å². The summed E-state index contributed by atoms with van der Waals surface area (Å²) >= 11 is 0. The van der Waals surface area contributed by atoms with E-state index in [2.05, 4.69) is 10.1 Å². The minimum atomic E-state index is -0.552. The zero-order chi connectivity index (χ0) is 18.5. The number of aromatic nitrogens is 2. The van der Waals surface area contributed by atoms with Gasteiger partial charge in [-0.15, -0.1) is 0 Å². The molecule has 0 radical (unpaired) electrons. The van der Waals surface area contributed by atoms with Gasteiger partial charge in [0.05, 0.1) is 25.4 Å². The predicted molar refractivity (Wildman–Crippen MR) is 92.4 cm³/mol. The van der Waals surface area contributed by atoms with E-state index in [4.69, 9.17) is 9.26 Å². The number of hydrogen-bond donors (Lipinski definition) is 2. The van der Waals surface area contributed by atoms with Crippen LogP contribution in [0.25, 0.3) is 11.4 Å². The molecule has 2 heterocycles. The predicted octanol–water partition coefficient (Wildman–Crippen LogP) is 0.879. The highest BCUT2D eigenvalue weighted by atomic mass is 16.5. The van der Waals surface area contributed by atoms with E-state index in [1.807, 2.05) is 24.3 Å². The third-order valence-corrected chi connectivity index (χ3v) is 4.65. The summed E-state index contributed by atoms with van der Waals surface area (Å²) in [6.07, 6.45) is 0.504. The number of para-hydroxylation sites is 1. The Kier molecular flexibility index (Phi) is 5.85. The molecular weight excluding hydrogens is 338 g/mol. The molecule has 8 heteroatoms. The van der Waals surface area contributed by atoms with Gasteiger partial charge < -0.3 is 24.4 Å². The fraction of sp³-hybridized carbons (Fsp3) is 0.500. The van der Waals surface area contributed by atoms with E-state index in [-0.39, 0.29) is 24.9 Å². The maximum absolute atomic E-state index is 12.4. The van der Waals surface area contributed by atoms with Crippen molar-refractivity contribution in [1.82, 2.24) is 15.0 Å². The van der Waals surface area contributed by atoms with Crippen molar-refractivity contribution >= 4 is 5.91 Å². The second-order valence-corrected chi connectivity index (χ2v) is 6.35. The molecule has 0 bridgehead atoms. The average molecular weight is 361 g/mol. The first-order valence-electron chi connectivity index (χ1n) is 8.65. The van der Waals surface area contributed by atoms with Crippen LogP contribution in [0.5, 0.6) is 5.75 Å². The van der Waals surface area contributed by atoms with Crippen molar-refractivity contribution in [3.63, 3.8) is 0 Å². The van der Waals surface area contributed by atoms with Crippen LogP contribution in [0.2, 0.25) is 0 Å². The molecule has 8 nitrogen and oxygen atoms in total. The van der Waals surface area contributed by atoms with Crippen LogP contribution in [0.4, 0.5) is 0 Å². The normalized spacial score (nSPS) is 20.2. The van der Waals surface area contributed by atoms with Crippen molar-refractivity contribution in [2.45, 2.75) is 25.4 Å². The first-order chi connectivity index (χ1) is 12.6. The van der Waals surface area contributed by atoms with Gasteiger partial charge in [-0.2, -0.15) is 4.98 Å². The molecule has 2 N–H and O–H groups in total. The van der Waals surface area contributed by atoms with Crippen molar-refractivity contribution < 1.29 is 24.3 Å². The number of ether oxygens (including phenoxy) is 1. The van der Waals surface area contributed by atoms with Crippen molar-refractivity contribution in [2.75, 3.05) is 26.8 Å². The molecule has 0 aliphatic carbocycles. The lowest BCUT2D eigenvalue weighted by atomic mass is 9.95. The van der Waals surface area contributed by atoms with Crippen LogP contribution in [-0.2, 0) is 11.2 Å². The Bertz CT molecular complexity index is 748. The SMILES string of the molecule is COc1ccccc1-c1noc(CCC(=O)N2CC[C@H](O)[C@H](CO)C2)n1. The molecule has 0 saturated carbocycles. The Morgan fingerprint density at radius 3 is 3.00 bits per heavy atom. The summed E-state index contributed by atoms with van der Waals surface area (Å²) in [5.41, 5.74) is 0.729. The number of piperidine rings is 1. The molecule has 1 fully saturated rings. The topological polar surface area (TPSA) is 109 Å². The molecular formula is C18H23N3O5. The molecule has 0 unspecified atom stereocenters. The molecule has 140 valence electrons. The van der Waals surface area contributed by atoms with Crippen molar-refractivity contribution in [3.05, 3.63) is 30.2 Å². The van der Waals surface area contributed by atoms with Gasteiger partial charge in [-0.1, -0.05) is 17.3 Å². The minimum absolute atomic E-state index is 0.0487. The number of amides is 1. The van der Waals surface area contributed by atoms with Gasteiger partial charge in [0.25, 0.3) is 0 Å². The van der Waals surface area contributed by atoms with E-state index in [0.29, 0.717) is 43.4 Å². The molecule has 3 rings (SSSR count). The van der Waals surface area contributed by atoms with E-state index >= 15 is 0 Å². The molecule has 0 spiro atoms. The first kappa shape index (κ1) is 18.3. The fourth-order valence-electron chi connectivity index (χ4n) is 3.09. The van der Waals surface area contributed by atoms with Gasteiger partial charge in [0.1, 0.15) is 5.75 Å². The van der Waals surface area contributed by atoms with Crippen molar-refractivity contribution in [3.8, 4) is 17.1 Å². The number of rotatable bonds is 6. The van der Waals surface area contributed by atoms with Gasteiger partial charge >= 0.3 is 0 Å². The second-order valence-electron chi connectivity index (χ2n) is 6.35. The Balaban J connectivity index is 1.59. The summed E-state index contributed by atoms with van der Waals surface area (Å²) in [4.78, 5) is 18.4. The van der Waals surface area contributed by atoms with Crippen LogP contribution < -0.4 is 4.74 Å². The second kappa shape index (κ2) is 8.29. The van der Waals surface area contributed by atoms with Gasteiger partial charge in [0.15, 0.2) is 0 Å². The average Bonchev–Trinajstić information content (AvgIpc) is 3.15. The highest BCUT2D eigenvalue weighted by Gasteiger charge is 2.29. The Morgan fingerprint density at radius 2 is 2.23 bits per heavy atom. The number of aliphatic hydroxyl groups is 2. The number of benzene rings is 1. The minimum Gasteiger partial charge on any atom is -0.496 e. The maximum Gasteiger partial charge on any atom is 0.227 e. The monoisotopic (exact) mass is 361 g/mol. The summed E-state index contributed by atoms with van der Waals surface area (Å²) in [5.74, 6) is 1.12. The van der Waals surface area contributed by atoms with Gasteiger partial charge in [0.2, 0.25) is 17.6 Å². The lowest BCUT2D eigenvalue weighted by molar-refractivity contribution is -0.135. The van der Waals surface area contributed by atoms with Gasteiger partial charge in [-0.25, -0.2) is 0 Å². The Morgan fingerprint density at radius 1 is 1.42 bits per heavy atom. The molecule has 2 atom stereocenters. The number of hydrogen-bond acceptors (Lipinski definition) is 7. The molecule has 1 aliphatic heterocycles. The van der Waals surface area contributed by atoms with Crippen molar-refractivity contribution in [1.29, 1.82) is 0 Å². The largest absolute Gasteiger partial charge is 0.496 e. The molecule has 1 aromatic heterocycles. The third-order valence-electron chi connectivity index (χ3n) is 4.65. The molecule has 1 aromatic carbocycles. The van der Waals surface area contributed by atoms with Crippen LogP contribution in [0, 0.1) is 5.92 Å². The number of aliphatic hydroxyl groups excluding tert-OH is 2. The summed E-state index contributed by atoms with van der Waals surface area (Å²) in [5, 5.41) is 23.0. The molecule has 2 aromatic rings. The van der Waals surface area contributed by atoms with Gasteiger partial charge in [0, 0.05) is 31.8 Å². The standard InChI is InChI=1S/C18H23N3O5/c1-25-15-5-3-2-4-13(15)18-19-16(26-20-18)6-7-17(24)21-9-8-14(23)12(10-21)11-22/h2-5,12,14,22-23H,6-11H2,1H3/t12-,14-/m0/s1. The summed E-state index contributed by atoms with van der Waals surface area (Å²) in [7, 11) is 1.58. The Labute approximate surface area is 151 Å². The zero-order valence-electron chi connectivity index (χ0n) is 14.7. The smallest absolute Gasteiger partial charge is 0.227 e. The number of likely N-dealkylation sites (tertiary alicyclic amines) is 1. The lowest BCUT2D eigenvalue weighted by Crippen LogP contribution is -2.47. The summed E-state index contributed by atoms with van der Waals surface area (Å²) in [6.45, 7) is 0.733. The molecule has 1 amide bonds. The van der Waals surface area contributed by atoms with Crippen LogP contribution in [0.15, 0.2) is 28.8 Å². The number of carbonyl (C=O) groups is 1. The number of methoxy groups -OCH3 is 1. The van der Waals surface area contributed by atoms with E-state index in [1.165, 1.54) is 0 Å². The number of carbonyl (C=O) groups excluding carboxylic acids is 1. The highest BCUT2D eigenvalue weighted by molar-refractivity contribution is 5.76. The summed E-state index contributed by atoms with van der Waals surface area (Å²) in [6, 6.07) is 7.38. The third kappa shape index (κ3) is 4.03. The van der Waals surface area contributed by atoms with Crippen LogP contribution >= 0.6 is 0 Å². The van der Waals surface area contributed by atoms with E-state index in [9.17, 15) is 15.0 Å². The number of aryl methyl sites for hydroxylation is 1. The molecule has 1 saturated heterocycles. The summed E-state index contributed by atoms with van der Waals surface area (Å²) < 4.78 is 10.5. The van der Waals surface area contributed by atoms with E-state index < -0.39 is 6.10 Å². The zero-order valence-corrected chi connectivity index (χ0v) is 14.7. The Hall–Kier alpha value is -2.45.